The van der Waals surface area contributed by atoms with Crippen LogP contribution in [0.15, 0.2) is 47.4 Å². The lowest BCUT2D eigenvalue weighted by atomic mass is 10.1. The molecule has 0 radical (unpaired) electrons. The lowest BCUT2D eigenvalue weighted by Crippen LogP contribution is -2.32. The topological polar surface area (TPSA) is 84.5 Å². The van der Waals surface area contributed by atoms with E-state index in [0.29, 0.717) is 21.4 Å². The van der Waals surface area contributed by atoms with Gasteiger partial charge >= 0.3 is 5.97 Å². The number of thiocarbonyl (C=S) groups is 1. The zero-order valence-electron chi connectivity index (χ0n) is 15.7. The predicted octanol–water partition coefficient (Wildman–Crippen LogP) is 3.97. The van der Waals surface area contributed by atoms with Crippen LogP contribution in [-0.2, 0) is 14.6 Å². The number of hydrogen-bond acceptors (Lipinski definition) is 5. The summed E-state index contributed by atoms with van der Waals surface area (Å²) in [6.07, 6.45) is 1.89. The lowest BCUT2D eigenvalue weighted by molar-refractivity contribution is 0.0601. The number of nitrogens with one attached hydrogen (secondary N) is 2. The van der Waals surface area contributed by atoms with Gasteiger partial charge in [-0.2, -0.15) is 0 Å². The van der Waals surface area contributed by atoms with Crippen LogP contribution in [0.1, 0.15) is 35.3 Å². The van der Waals surface area contributed by atoms with E-state index >= 15 is 0 Å². The number of ether oxygens (including phenoxy) is 1. The molecule has 2 aromatic rings. The molecule has 2 rings (SSSR count). The number of carbonyl (C=O) groups is 1. The molecule has 0 aliphatic heterocycles. The van der Waals surface area contributed by atoms with E-state index in [-0.39, 0.29) is 10.9 Å². The molecule has 0 heterocycles. The van der Waals surface area contributed by atoms with Gasteiger partial charge in [0.25, 0.3) is 0 Å². The van der Waals surface area contributed by atoms with E-state index in [4.69, 9.17) is 28.6 Å². The Bertz CT molecular complexity index is 976. The van der Waals surface area contributed by atoms with Crippen LogP contribution >= 0.6 is 23.8 Å². The van der Waals surface area contributed by atoms with E-state index in [9.17, 15) is 13.2 Å². The first-order valence-corrected chi connectivity index (χ1v) is 11.1. The molecule has 0 saturated carbocycles. The van der Waals surface area contributed by atoms with Gasteiger partial charge in [-0.25, -0.2) is 13.2 Å². The van der Waals surface area contributed by atoms with Crippen molar-refractivity contribution in [3.05, 3.63) is 58.6 Å². The van der Waals surface area contributed by atoms with Crippen LogP contribution in [0.3, 0.4) is 0 Å². The molecule has 0 saturated heterocycles. The fraction of sp³-hybridized carbons (Fsp3) is 0.263. The maximum absolute atomic E-state index is 11.7. The molecular formula is C19H21ClN2O4S2. The highest BCUT2D eigenvalue weighted by Crippen LogP contribution is 2.24. The summed E-state index contributed by atoms with van der Waals surface area (Å²) in [6.45, 7) is 1.98. The molecular weight excluding hydrogens is 420 g/mol. The molecule has 2 aromatic carbocycles. The van der Waals surface area contributed by atoms with Crippen LogP contribution in [0.25, 0.3) is 0 Å². The number of anilines is 1. The van der Waals surface area contributed by atoms with Gasteiger partial charge in [-0.1, -0.05) is 30.7 Å². The second-order valence-electron chi connectivity index (χ2n) is 6.09. The summed E-state index contributed by atoms with van der Waals surface area (Å²) in [5, 5.41) is 6.89. The monoisotopic (exact) mass is 440 g/mol. The minimum atomic E-state index is -3.24. The first-order chi connectivity index (χ1) is 13.2. The summed E-state index contributed by atoms with van der Waals surface area (Å²) in [5.41, 5.74) is 1.72. The molecule has 28 heavy (non-hydrogen) atoms. The summed E-state index contributed by atoms with van der Waals surface area (Å²) in [6, 6.07) is 11.2. The zero-order chi connectivity index (χ0) is 20.9. The van der Waals surface area contributed by atoms with E-state index in [2.05, 4.69) is 10.6 Å². The van der Waals surface area contributed by atoms with Crippen molar-refractivity contribution < 1.29 is 17.9 Å². The van der Waals surface area contributed by atoms with E-state index in [1.165, 1.54) is 13.4 Å². The molecule has 1 atom stereocenters. The summed E-state index contributed by atoms with van der Waals surface area (Å²) in [7, 11) is -1.94. The van der Waals surface area contributed by atoms with E-state index in [1.807, 2.05) is 6.92 Å². The van der Waals surface area contributed by atoms with Gasteiger partial charge in [0, 0.05) is 6.26 Å². The fourth-order valence-corrected chi connectivity index (χ4v) is 3.60. The molecule has 0 spiro atoms. The quantitative estimate of drug-likeness (QED) is 0.519. The average Bonchev–Trinajstić information content (AvgIpc) is 2.66. The van der Waals surface area contributed by atoms with E-state index in [0.717, 1.165) is 12.0 Å². The molecule has 0 aromatic heterocycles. The van der Waals surface area contributed by atoms with Crippen LogP contribution in [0.5, 0.6) is 0 Å². The number of rotatable bonds is 6. The van der Waals surface area contributed by atoms with Gasteiger partial charge in [0.2, 0.25) is 0 Å². The van der Waals surface area contributed by atoms with Gasteiger partial charge < -0.3 is 15.4 Å². The first kappa shape index (κ1) is 22.1. The molecule has 0 aliphatic carbocycles. The van der Waals surface area contributed by atoms with Crippen molar-refractivity contribution in [2.75, 3.05) is 18.7 Å². The smallest absolute Gasteiger partial charge is 0.337 e. The standard InChI is InChI=1S/C19H21ClN2O4S2/c1-4-16(12-5-8-14(9-6-12)28(3,24)25)21-19(27)22-17-11-13(18(23)26-2)7-10-15(17)20/h5-11,16H,4H2,1-3H3,(H2,21,22,27). The normalized spacial score (nSPS) is 12.1. The van der Waals surface area contributed by atoms with Crippen molar-refractivity contribution in [2.24, 2.45) is 0 Å². The number of benzene rings is 2. The van der Waals surface area contributed by atoms with Gasteiger partial charge in [0.1, 0.15) is 0 Å². The van der Waals surface area contributed by atoms with Gasteiger partial charge in [-0.05, 0) is 54.5 Å². The van der Waals surface area contributed by atoms with E-state index < -0.39 is 15.8 Å². The Hall–Kier alpha value is -2.16. The number of sulfone groups is 1. The molecule has 0 amide bonds. The minimum Gasteiger partial charge on any atom is -0.465 e. The minimum absolute atomic E-state index is 0.129. The van der Waals surface area contributed by atoms with Crippen molar-refractivity contribution in [1.29, 1.82) is 0 Å². The second kappa shape index (κ2) is 9.36. The largest absolute Gasteiger partial charge is 0.465 e. The Labute approximate surface area is 175 Å². The number of methoxy groups -OCH3 is 1. The first-order valence-electron chi connectivity index (χ1n) is 8.41. The number of hydrogen-bond donors (Lipinski definition) is 2. The van der Waals surface area contributed by atoms with Crippen molar-refractivity contribution >= 4 is 50.4 Å². The van der Waals surface area contributed by atoms with Gasteiger partial charge in [-0.15, -0.1) is 0 Å². The number of carbonyl (C=O) groups excluding carboxylic acids is 1. The van der Waals surface area contributed by atoms with Gasteiger partial charge in [-0.3, -0.25) is 0 Å². The van der Waals surface area contributed by atoms with Crippen LogP contribution in [0.4, 0.5) is 5.69 Å². The maximum Gasteiger partial charge on any atom is 0.337 e. The maximum atomic E-state index is 11.7. The van der Waals surface area contributed by atoms with Crippen LogP contribution in [-0.4, -0.2) is 32.9 Å². The Kier molecular flexibility index (Phi) is 7.40. The van der Waals surface area contributed by atoms with E-state index in [1.54, 1.807) is 42.5 Å². The van der Waals surface area contributed by atoms with Crippen molar-refractivity contribution in [1.82, 2.24) is 5.32 Å². The fourth-order valence-electron chi connectivity index (χ4n) is 2.55. The summed E-state index contributed by atoms with van der Waals surface area (Å²) in [4.78, 5) is 11.9. The molecule has 150 valence electrons. The average molecular weight is 441 g/mol. The Morgan fingerprint density at radius 1 is 1.21 bits per heavy atom. The highest BCUT2D eigenvalue weighted by atomic mass is 35.5. The molecule has 0 aliphatic rings. The number of halogens is 1. The Balaban J connectivity index is 2.13. The van der Waals surface area contributed by atoms with Crippen LogP contribution in [0, 0.1) is 0 Å². The molecule has 9 heteroatoms. The van der Waals surface area contributed by atoms with Crippen molar-refractivity contribution in [2.45, 2.75) is 24.3 Å². The third-order valence-corrected chi connectivity index (χ3v) is 5.74. The molecule has 0 fully saturated rings. The summed E-state index contributed by atoms with van der Waals surface area (Å²) in [5.74, 6) is -0.476. The SMILES string of the molecule is CCC(NC(=S)Nc1cc(C(=O)OC)ccc1Cl)c1ccc(S(C)(=O)=O)cc1. The van der Waals surface area contributed by atoms with Gasteiger partial charge in [0.05, 0.1) is 34.3 Å². The summed E-state index contributed by atoms with van der Waals surface area (Å²) < 4.78 is 27.9. The second-order valence-corrected chi connectivity index (χ2v) is 8.92. The molecule has 1 unspecified atom stereocenters. The number of esters is 1. The lowest BCUT2D eigenvalue weighted by Gasteiger charge is -2.21. The highest BCUT2D eigenvalue weighted by Gasteiger charge is 2.15. The highest BCUT2D eigenvalue weighted by molar-refractivity contribution is 7.90. The van der Waals surface area contributed by atoms with Gasteiger partial charge in [0.15, 0.2) is 14.9 Å². The molecule has 0 bridgehead atoms. The van der Waals surface area contributed by atoms with Crippen LogP contribution < -0.4 is 10.6 Å². The molecule has 6 nitrogen and oxygen atoms in total. The van der Waals surface area contributed by atoms with Crippen molar-refractivity contribution in [3.8, 4) is 0 Å². The predicted molar refractivity (Wildman–Crippen MR) is 115 cm³/mol. The molecule has 2 N–H and O–H groups in total. The third kappa shape index (κ3) is 5.67. The Morgan fingerprint density at radius 2 is 1.86 bits per heavy atom. The summed E-state index contributed by atoms with van der Waals surface area (Å²) >= 11 is 11.5. The third-order valence-electron chi connectivity index (χ3n) is 4.06. The zero-order valence-corrected chi connectivity index (χ0v) is 18.0. The van der Waals surface area contributed by atoms with Crippen LogP contribution in [0.2, 0.25) is 5.02 Å². The van der Waals surface area contributed by atoms with Crippen molar-refractivity contribution in [3.63, 3.8) is 0 Å². The Morgan fingerprint density at radius 3 is 2.39 bits per heavy atom.